The Labute approximate surface area is 146 Å². The van der Waals surface area contributed by atoms with Crippen LogP contribution in [0.5, 0.6) is 0 Å². The van der Waals surface area contributed by atoms with Crippen LogP contribution in [0, 0.1) is 29.6 Å². The summed E-state index contributed by atoms with van der Waals surface area (Å²) in [6.07, 6.45) is 16.1. The lowest BCUT2D eigenvalue weighted by Gasteiger charge is -2.34. The summed E-state index contributed by atoms with van der Waals surface area (Å²) in [5, 5.41) is 0. The van der Waals surface area contributed by atoms with E-state index in [1.54, 1.807) is 0 Å². The number of rotatable bonds is 8. The predicted molar refractivity (Wildman–Crippen MR) is 101 cm³/mol. The van der Waals surface area contributed by atoms with E-state index >= 15 is 0 Å². The van der Waals surface area contributed by atoms with E-state index in [4.69, 9.17) is 4.74 Å². The molecule has 1 aliphatic heterocycles. The lowest BCUT2D eigenvalue weighted by molar-refractivity contribution is -0.0488. The molecule has 0 aromatic heterocycles. The van der Waals surface area contributed by atoms with Gasteiger partial charge in [0.2, 0.25) is 0 Å². The van der Waals surface area contributed by atoms with Crippen molar-refractivity contribution in [2.24, 2.45) is 29.6 Å². The van der Waals surface area contributed by atoms with Gasteiger partial charge >= 0.3 is 0 Å². The molecule has 2 rings (SSSR count). The third kappa shape index (κ3) is 6.77. The van der Waals surface area contributed by atoms with Gasteiger partial charge in [-0.2, -0.15) is 0 Å². The Hall–Kier alpha value is -0.0400. The Balaban J connectivity index is 1.58. The van der Waals surface area contributed by atoms with Crippen molar-refractivity contribution in [3.63, 3.8) is 0 Å². The van der Waals surface area contributed by atoms with Crippen LogP contribution in [0.1, 0.15) is 98.3 Å². The Morgan fingerprint density at radius 1 is 0.870 bits per heavy atom. The Bertz CT molecular complexity index is 297. The van der Waals surface area contributed by atoms with Gasteiger partial charge in [0.15, 0.2) is 0 Å². The highest BCUT2D eigenvalue weighted by Crippen LogP contribution is 2.34. The van der Waals surface area contributed by atoms with E-state index in [2.05, 4.69) is 27.7 Å². The van der Waals surface area contributed by atoms with E-state index in [9.17, 15) is 0 Å². The zero-order valence-corrected chi connectivity index (χ0v) is 16.4. The monoisotopic (exact) mass is 322 g/mol. The topological polar surface area (TPSA) is 9.23 Å². The molecule has 2 aliphatic rings. The fourth-order valence-corrected chi connectivity index (χ4v) is 4.53. The van der Waals surface area contributed by atoms with E-state index in [1.165, 1.54) is 70.6 Å². The van der Waals surface area contributed by atoms with E-state index in [1.807, 2.05) is 0 Å². The predicted octanol–water partition coefficient (Wildman–Crippen LogP) is 6.85. The van der Waals surface area contributed by atoms with Gasteiger partial charge in [-0.15, -0.1) is 0 Å². The number of ether oxygens (including phenoxy) is 1. The second-order valence-electron chi connectivity index (χ2n) is 9.09. The molecule has 4 unspecified atom stereocenters. The molecule has 0 bridgehead atoms. The zero-order chi connectivity index (χ0) is 16.7. The molecule has 0 aromatic rings. The molecule has 0 amide bonds. The fraction of sp³-hybridized carbons (Fsp3) is 1.00. The van der Waals surface area contributed by atoms with Crippen LogP contribution in [0.15, 0.2) is 0 Å². The Kier molecular flexibility index (Phi) is 8.44. The van der Waals surface area contributed by atoms with Gasteiger partial charge in [0.25, 0.3) is 0 Å². The van der Waals surface area contributed by atoms with Crippen LogP contribution in [0.2, 0.25) is 0 Å². The quantitative estimate of drug-likeness (QED) is 0.475. The summed E-state index contributed by atoms with van der Waals surface area (Å²) in [5.74, 6) is 4.50. The molecule has 0 aromatic carbocycles. The summed E-state index contributed by atoms with van der Waals surface area (Å²) in [6.45, 7) is 10.6. The van der Waals surface area contributed by atoms with Crippen molar-refractivity contribution in [3.05, 3.63) is 0 Å². The lowest BCUT2D eigenvalue weighted by atomic mass is 9.79. The minimum Gasteiger partial charge on any atom is -0.378 e. The highest BCUT2D eigenvalue weighted by molar-refractivity contribution is 4.77. The minimum absolute atomic E-state index is 0.547. The van der Waals surface area contributed by atoms with E-state index in [0.717, 1.165) is 36.2 Å². The van der Waals surface area contributed by atoms with Crippen molar-refractivity contribution in [3.8, 4) is 0 Å². The number of hydrogen-bond acceptors (Lipinski definition) is 1. The van der Waals surface area contributed by atoms with Crippen LogP contribution >= 0.6 is 0 Å². The van der Waals surface area contributed by atoms with Gasteiger partial charge in [-0.3, -0.25) is 0 Å². The molecule has 1 nitrogen and oxygen atoms in total. The number of hydrogen-bond donors (Lipinski definition) is 0. The van der Waals surface area contributed by atoms with Crippen LogP contribution in [-0.2, 0) is 4.74 Å². The third-order valence-electron chi connectivity index (χ3n) is 6.97. The van der Waals surface area contributed by atoms with Crippen LogP contribution in [-0.4, -0.2) is 12.7 Å². The second-order valence-corrected chi connectivity index (χ2v) is 9.09. The standard InChI is InChI=1S/C22H42O/c1-5-17(2)6-9-19(4)22-15-14-21(16-23-22)13-12-20-10-7-18(3)8-11-20/h17-22H,5-16H2,1-4H3. The lowest BCUT2D eigenvalue weighted by Crippen LogP contribution is -2.31. The first-order valence-electron chi connectivity index (χ1n) is 10.7. The summed E-state index contributed by atoms with van der Waals surface area (Å²) >= 11 is 0. The molecule has 0 N–H and O–H groups in total. The molecular formula is C22H42O. The van der Waals surface area contributed by atoms with Crippen molar-refractivity contribution in [2.75, 3.05) is 6.61 Å². The molecule has 1 heteroatoms. The molecule has 1 saturated carbocycles. The van der Waals surface area contributed by atoms with Crippen molar-refractivity contribution in [2.45, 2.75) is 104 Å². The minimum atomic E-state index is 0.547. The summed E-state index contributed by atoms with van der Waals surface area (Å²) < 4.78 is 6.28. The zero-order valence-electron chi connectivity index (χ0n) is 16.4. The van der Waals surface area contributed by atoms with Crippen LogP contribution in [0.3, 0.4) is 0 Å². The highest BCUT2D eigenvalue weighted by atomic mass is 16.5. The molecule has 1 saturated heterocycles. The molecule has 2 fully saturated rings. The molecule has 23 heavy (non-hydrogen) atoms. The first kappa shape index (κ1) is 19.3. The average molecular weight is 323 g/mol. The molecule has 0 spiro atoms. The van der Waals surface area contributed by atoms with Gasteiger partial charge < -0.3 is 4.74 Å². The molecule has 1 aliphatic carbocycles. The summed E-state index contributed by atoms with van der Waals surface area (Å²) in [7, 11) is 0. The molecule has 136 valence electrons. The highest BCUT2D eigenvalue weighted by Gasteiger charge is 2.27. The molecule has 4 atom stereocenters. The van der Waals surface area contributed by atoms with Gasteiger partial charge in [-0.1, -0.05) is 72.6 Å². The first-order valence-corrected chi connectivity index (χ1v) is 10.7. The normalized spacial score (nSPS) is 35.0. The van der Waals surface area contributed by atoms with E-state index < -0.39 is 0 Å². The van der Waals surface area contributed by atoms with E-state index in [0.29, 0.717) is 6.10 Å². The largest absolute Gasteiger partial charge is 0.378 e. The average Bonchev–Trinajstić information content (AvgIpc) is 2.59. The maximum absolute atomic E-state index is 6.28. The third-order valence-corrected chi connectivity index (χ3v) is 6.97. The van der Waals surface area contributed by atoms with Crippen LogP contribution in [0.25, 0.3) is 0 Å². The maximum Gasteiger partial charge on any atom is 0.0600 e. The Morgan fingerprint density at radius 2 is 1.52 bits per heavy atom. The van der Waals surface area contributed by atoms with Crippen LogP contribution in [0.4, 0.5) is 0 Å². The first-order chi connectivity index (χ1) is 11.1. The molecule has 0 radical (unpaired) electrons. The smallest absolute Gasteiger partial charge is 0.0600 e. The van der Waals surface area contributed by atoms with E-state index in [-0.39, 0.29) is 0 Å². The van der Waals surface area contributed by atoms with Crippen molar-refractivity contribution in [1.29, 1.82) is 0 Å². The maximum atomic E-state index is 6.28. The van der Waals surface area contributed by atoms with Crippen LogP contribution < -0.4 is 0 Å². The second kappa shape index (κ2) is 10.1. The van der Waals surface area contributed by atoms with Gasteiger partial charge in [-0.25, -0.2) is 0 Å². The summed E-state index contributed by atoms with van der Waals surface area (Å²) in [5.41, 5.74) is 0. The molecule has 1 heterocycles. The van der Waals surface area contributed by atoms with Crippen molar-refractivity contribution < 1.29 is 4.74 Å². The van der Waals surface area contributed by atoms with Gasteiger partial charge in [-0.05, 0) is 55.3 Å². The van der Waals surface area contributed by atoms with Gasteiger partial charge in [0.1, 0.15) is 0 Å². The molecular weight excluding hydrogens is 280 g/mol. The SMILES string of the molecule is CCC(C)CCC(C)C1CCC(CCC2CCC(C)CC2)CO1. The summed E-state index contributed by atoms with van der Waals surface area (Å²) in [6, 6.07) is 0. The fourth-order valence-electron chi connectivity index (χ4n) is 4.53. The summed E-state index contributed by atoms with van der Waals surface area (Å²) in [4.78, 5) is 0. The van der Waals surface area contributed by atoms with Gasteiger partial charge in [0.05, 0.1) is 6.10 Å². The Morgan fingerprint density at radius 3 is 2.13 bits per heavy atom. The van der Waals surface area contributed by atoms with Gasteiger partial charge in [0, 0.05) is 6.61 Å². The van der Waals surface area contributed by atoms with Crippen molar-refractivity contribution in [1.82, 2.24) is 0 Å². The van der Waals surface area contributed by atoms with Crippen molar-refractivity contribution >= 4 is 0 Å².